The van der Waals surface area contributed by atoms with Crippen LogP contribution in [0.3, 0.4) is 0 Å². The second-order valence-electron chi connectivity index (χ2n) is 4.08. The molecule has 0 spiro atoms. The lowest BCUT2D eigenvalue weighted by atomic mass is 10.2. The predicted octanol–water partition coefficient (Wildman–Crippen LogP) is 3.42. The van der Waals surface area contributed by atoms with Crippen molar-refractivity contribution >= 4 is 29.6 Å². The summed E-state index contributed by atoms with van der Waals surface area (Å²) in [6.07, 6.45) is 4.59. The van der Waals surface area contributed by atoms with E-state index in [1.165, 1.54) is 18.0 Å². The third kappa shape index (κ3) is 5.05. The quantitative estimate of drug-likeness (QED) is 0.384. The predicted molar refractivity (Wildman–Crippen MR) is 85.2 cm³/mol. The van der Waals surface area contributed by atoms with Crippen molar-refractivity contribution in [3.05, 3.63) is 66.2 Å². The van der Waals surface area contributed by atoms with Crippen molar-refractivity contribution in [2.75, 3.05) is 4.72 Å². The summed E-state index contributed by atoms with van der Waals surface area (Å²) in [6, 6.07) is 17.6. The van der Waals surface area contributed by atoms with Crippen molar-refractivity contribution in [2.45, 2.75) is 4.90 Å². The molecule has 0 radical (unpaired) electrons. The molecule has 1 amide bonds. The van der Waals surface area contributed by atoms with Gasteiger partial charge in [0, 0.05) is 16.7 Å². The Hall–Kier alpha value is -2.71. The van der Waals surface area contributed by atoms with Crippen molar-refractivity contribution in [1.82, 2.24) is 5.32 Å². The fourth-order valence-electron chi connectivity index (χ4n) is 1.57. The number of carbonyl (C=O) groups is 1. The van der Waals surface area contributed by atoms with E-state index in [0.717, 1.165) is 16.1 Å². The monoisotopic (exact) mass is 295 g/mol. The zero-order valence-corrected chi connectivity index (χ0v) is 11.9. The number of amides is 1. The van der Waals surface area contributed by atoms with Crippen molar-refractivity contribution in [3.63, 3.8) is 0 Å². The second-order valence-corrected chi connectivity index (χ2v) is 4.96. The number of hydrogen-bond acceptors (Lipinski definition) is 4. The average Bonchev–Trinajstić information content (AvgIpc) is 2.53. The van der Waals surface area contributed by atoms with Gasteiger partial charge in [0.25, 0.3) is 5.91 Å². The van der Waals surface area contributed by atoms with Crippen LogP contribution >= 0.6 is 11.9 Å². The highest BCUT2D eigenvalue weighted by Crippen LogP contribution is 2.22. The van der Waals surface area contributed by atoms with Crippen molar-refractivity contribution < 1.29 is 4.79 Å². The van der Waals surface area contributed by atoms with Gasteiger partial charge < -0.3 is 4.72 Å². The normalized spacial score (nSPS) is 10.0. The number of nitriles is 1. The molecule has 0 bridgehead atoms. The molecule has 2 rings (SSSR count). The zero-order valence-electron chi connectivity index (χ0n) is 11.1. The molecule has 4 nitrogen and oxygen atoms in total. The molecule has 0 saturated heterocycles. The summed E-state index contributed by atoms with van der Waals surface area (Å²) in [7, 11) is 0. The number of anilines is 1. The van der Waals surface area contributed by atoms with Crippen LogP contribution in [-0.2, 0) is 4.79 Å². The second kappa shape index (κ2) is 7.78. The van der Waals surface area contributed by atoms with E-state index in [9.17, 15) is 4.79 Å². The van der Waals surface area contributed by atoms with Gasteiger partial charge in [-0.2, -0.15) is 5.26 Å². The number of hydrogen-bond donors (Lipinski definition) is 2. The molecule has 104 valence electrons. The first kappa shape index (κ1) is 14.7. The molecular weight excluding hydrogens is 282 g/mol. The summed E-state index contributed by atoms with van der Waals surface area (Å²) in [5.74, 6) is -0.432. The zero-order chi connectivity index (χ0) is 14.9. The number of nitrogens with one attached hydrogen (secondary N) is 2. The van der Waals surface area contributed by atoms with Crippen molar-refractivity contribution in [1.29, 1.82) is 5.26 Å². The van der Waals surface area contributed by atoms with E-state index in [1.54, 1.807) is 12.3 Å². The summed E-state index contributed by atoms with van der Waals surface area (Å²) in [4.78, 5) is 12.2. The topological polar surface area (TPSA) is 64.9 Å². The molecule has 5 heteroatoms. The first-order valence-electron chi connectivity index (χ1n) is 6.23. The Morgan fingerprint density at radius 2 is 1.95 bits per heavy atom. The Morgan fingerprint density at radius 1 is 1.14 bits per heavy atom. The Bertz CT molecular complexity index is 677. The van der Waals surface area contributed by atoms with Crippen LogP contribution in [0.25, 0.3) is 6.08 Å². The Kier molecular flexibility index (Phi) is 5.44. The first-order chi connectivity index (χ1) is 10.3. The lowest BCUT2D eigenvalue weighted by Crippen LogP contribution is -2.13. The van der Waals surface area contributed by atoms with E-state index in [4.69, 9.17) is 5.26 Å². The third-order valence-corrected chi connectivity index (χ3v) is 3.35. The van der Waals surface area contributed by atoms with Gasteiger partial charge in [0.2, 0.25) is 0 Å². The van der Waals surface area contributed by atoms with Crippen LogP contribution in [0.5, 0.6) is 0 Å². The molecule has 0 atom stereocenters. The van der Waals surface area contributed by atoms with Gasteiger partial charge in [0.05, 0.1) is 0 Å². The maximum Gasteiger partial charge on any atom is 0.256 e. The van der Waals surface area contributed by atoms with Crippen LogP contribution < -0.4 is 10.0 Å². The van der Waals surface area contributed by atoms with E-state index < -0.39 is 5.91 Å². The summed E-state index contributed by atoms with van der Waals surface area (Å²) < 4.78 is 3.24. The van der Waals surface area contributed by atoms with Gasteiger partial charge >= 0.3 is 0 Å². The van der Waals surface area contributed by atoms with Crippen LogP contribution in [0.15, 0.2) is 65.6 Å². The number of nitrogens with zero attached hydrogens (tertiary/aromatic N) is 1. The number of benzene rings is 2. The average molecular weight is 295 g/mol. The fraction of sp³-hybridized carbons (Fsp3) is 0. The van der Waals surface area contributed by atoms with Gasteiger partial charge in [-0.25, -0.2) is 0 Å². The standard InChI is InChI=1S/C16H13N3OS/c17-12-18-16(20)10-9-13-5-4-8-15(11-13)21-19-14-6-2-1-3-7-14/h1-11,19H,(H,18,20)/b10-9+. The molecule has 0 aromatic heterocycles. The Labute approximate surface area is 127 Å². The molecule has 0 aliphatic heterocycles. The highest BCUT2D eigenvalue weighted by Gasteiger charge is 1.97. The van der Waals surface area contributed by atoms with Gasteiger partial charge in [0.15, 0.2) is 6.19 Å². The van der Waals surface area contributed by atoms with Gasteiger partial charge in [0.1, 0.15) is 0 Å². The maximum absolute atomic E-state index is 11.2. The fourth-order valence-corrected chi connectivity index (χ4v) is 2.29. The lowest BCUT2D eigenvalue weighted by molar-refractivity contribution is -0.115. The molecule has 0 unspecified atom stereocenters. The molecule has 0 heterocycles. The molecule has 2 N–H and O–H groups in total. The first-order valence-corrected chi connectivity index (χ1v) is 7.05. The SMILES string of the molecule is N#CNC(=O)/C=C/c1cccc(SNc2ccccc2)c1. The maximum atomic E-state index is 11.2. The number of rotatable bonds is 5. The van der Waals surface area contributed by atoms with Crippen molar-refractivity contribution in [3.8, 4) is 6.19 Å². The third-order valence-electron chi connectivity index (χ3n) is 2.52. The van der Waals surface area contributed by atoms with Crippen LogP contribution in [0.4, 0.5) is 5.69 Å². The number of carbonyl (C=O) groups excluding carboxylic acids is 1. The van der Waals surface area contributed by atoms with Gasteiger partial charge in [-0.3, -0.25) is 10.1 Å². The van der Waals surface area contributed by atoms with E-state index in [0.29, 0.717) is 0 Å². The summed E-state index contributed by atoms with van der Waals surface area (Å²) in [6.45, 7) is 0. The van der Waals surface area contributed by atoms with Crippen LogP contribution in [0.2, 0.25) is 0 Å². The highest BCUT2D eigenvalue weighted by atomic mass is 32.2. The summed E-state index contributed by atoms with van der Waals surface area (Å²) in [5, 5.41) is 10.4. The van der Waals surface area contributed by atoms with Crippen LogP contribution in [0, 0.1) is 11.5 Å². The molecular formula is C16H13N3OS. The minimum atomic E-state index is -0.432. The van der Waals surface area contributed by atoms with E-state index in [2.05, 4.69) is 4.72 Å². The molecule has 0 saturated carbocycles. The molecule has 2 aromatic carbocycles. The Balaban J connectivity index is 1.98. The number of para-hydroxylation sites is 1. The lowest BCUT2D eigenvalue weighted by Gasteiger charge is -2.05. The minimum Gasteiger partial charge on any atom is -0.326 e. The summed E-state index contributed by atoms with van der Waals surface area (Å²) >= 11 is 1.50. The summed E-state index contributed by atoms with van der Waals surface area (Å²) in [5.41, 5.74) is 1.92. The van der Waals surface area contributed by atoms with Gasteiger partial charge in [-0.1, -0.05) is 30.3 Å². The smallest absolute Gasteiger partial charge is 0.256 e. The minimum absolute atomic E-state index is 0.432. The van der Waals surface area contributed by atoms with E-state index in [-0.39, 0.29) is 0 Å². The molecule has 0 aliphatic rings. The molecule has 0 aliphatic carbocycles. The largest absolute Gasteiger partial charge is 0.326 e. The molecule has 21 heavy (non-hydrogen) atoms. The molecule has 2 aromatic rings. The van der Waals surface area contributed by atoms with Crippen LogP contribution in [-0.4, -0.2) is 5.91 Å². The van der Waals surface area contributed by atoms with E-state index >= 15 is 0 Å². The Morgan fingerprint density at radius 3 is 2.71 bits per heavy atom. The van der Waals surface area contributed by atoms with Gasteiger partial charge in [-0.15, -0.1) is 0 Å². The van der Waals surface area contributed by atoms with Crippen LogP contribution in [0.1, 0.15) is 5.56 Å². The molecule has 0 fully saturated rings. The van der Waals surface area contributed by atoms with Crippen molar-refractivity contribution in [2.24, 2.45) is 0 Å². The highest BCUT2D eigenvalue weighted by molar-refractivity contribution is 8.00. The van der Waals surface area contributed by atoms with E-state index in [1.807, 2.05) is 59.9 Å². The van der Waals surface area contributed by atoms with Gasteiger partial charge in [-0.05, 0) is 47.9 Å².